The molecule has 0 unspecified atom stereocenters. The molecule has 0 amide bonds. The van der Waals surface area contributed by atoms with Crippen molar-refractivity contribution in [1.82, 2.24) is 9.55 Å². The molecular weight excluding hydrogens is 343 g/mol. The second-order valence-corrected chi connectivity index (χ2v) is 7.09. The van der Waals surface area contributed by atoms with Crippen LogP contribution in [0.5, 0.6) is 0 Å². The van der Waals surface area contributed by atoms with Crippen molar-refractivity contribution in [2.75, 3.05) is 0 Å². The number of H-pyrrole nitrogens is 1. The molecule has 2 aromatic carbocycles. The monoisotopic (exact) mass is 364 g/mol. The molecule has 0 fully saturated rings. The first-order chi connectivity index (χ1) is 13.0. The van der Waals surface area contributed by atoms with Crippen LogP contribution in [0.25, 0.3) is 16.9 Å². The highest BCUT2D eigenvalue weighted by atomic mass is 19.1. The van der Waals surface area contributed by atoms with Gasteiger partial charge in [0.2, 0.25) is 0 Å². The second kappa shape index (κ2) is 6.34. The minimum absolute atomic E-state index is 0.0217. The Bertz CT molecular complexity index is 1140. The Morgan fingerprint density at radius 2 is 1.70 bits per heavy atom. The largest absolute Gasteiger partial charge is 0.333 e. The molecule has 0 radical (unpaired) electrons. The zero-order chi connectivity index (χ0) is 19.2. The molecule has 4 nitrogen and oxygen atoms in total. The Morgan fingerprint density at radius 3 is 2.41 bits per heavy atom. The Hall–Kier alpha value is -2.95. The molecule has 0 saturated carbocycles. The van der Waals surface area contributed by atoms with E-state index in [1.807, 2.05) is 24.3 Å². The van der Waals surface area contributed by atoms with E-state index < -0.39 is 22.5 Å². The fraction of sp³-hybridized carbons (Fsp3) is 0.273. The third-order valence-electron chi connectivity index (χ3n) is 5.89. The summed E-state index contributed by atoms with van der Waals surface area (Å²) in [6, 6.07) is 13.7. The van der Waals surface area contributed by atoms with Gasteiger partial charge in [0.05, 0.1) is 11.4 Å². The predicted molar refractivity (Wildman–Crippen MR) is 104 cm³/mol. The van der Waals surface area contributed by atoms with Gasteiger partial charge in [0, 0.05) is 16.5 Å². The van der Waals surface area contributed by atoms with Gasteiger partial charge >= 0.3 is 5.69 Å². The van der Waals surface area contributed by atoms with Crippen LogP contribution in [0, 0.1) is 5.82 Å². The Balaban J connectivity index is 2.13. The highest BCUT2D eigenvalue weighted by Crippen LogP contribution is 2.44. The molecule has 1 aromatic heterocycles. The van der Waals surface area contributed by atoms with Crippen LogP contribution in [0.1, 0.15) is 37.8 Å². The van der Waals surface area contributed by atoms with Crippen LogP contribution in [0.3, 0.4) is 0 Å². The van der Waals surface area contributed by atoms with Crippen LogP contribution in [-0.2, 0) is 11.8 Å². The summed E-state index contributed by atoms with van der Waals surface area (Å²) in [5, 5.41) is 0. The number of hydrogen-bond acceptors (Lipinski definition) is 2. The topological polar surface area (TPSA) is 54.9 Å². The van der Waals surface area contributed by atoms with Gasteiger partial charge in [-0.2, -0.15) is 0 Å². The Kier molecular flexibility index (Phi) is 4.10. The van der Waals surface area contributed by atoms with E-state index in [1.54, 1.807) is 6.07 Å². The first-order valence-electron chi connectivity index (χ1n) is 9.25. The van der Waals surface area contributed by atoms with Gasteiger partial charge in [-0.3, -0.25) is 4.79 Å². The maximum atomic E-state index is 14.4. The number of benzene rings is 2. The van der Waals surface area contributed by atoms with E-state index in [0.29, 0.717) is 11.3 Å². The molecular formula is C22H21FN2O2. The van der Waals surface area contributed by atoms with Gasteiger partial charge in [0.1, 0.15) is 5.82 Å². The van der Waals surface area contributed by atoms with Gasteiger partial charge < -0.3 is 4.98 Å². The maximum absolute atomic E-state index is 14.4. The Labute approximate surface area is 156 Å². The van der Waals surface area contributed by atoms with Crippen molar-refractivity contribution in [2.24, 2.45) is 0 Å². The van der Waals surface area contributed by atoms with Crippen molar-refractivity contribution in [1.29, 1.82) is 0 Å². The van der Waals surface area contributed by atoms with E-state index in [-0.39, 0.29) is 5.69 Å². The van der Waals surface area contributed by atoms with Crippen LogP contribution < -0.4 is 11.2 Å². The molecule has 4 rings (SSSR count). The molecule has 0 aliphatic heterocycles. The molecule has 138 valence electrons. The van der Waals surface area contributed by atoms with Gasteiger partial charge in [-0.25, -0.2) is 13.8 Å². The van der Waals surface area contributed by atoms with Crippen molar-refractivity contribution in [3.63, 3.8) is 0 Å². The molecule has 1 heterocycles. The predicted octanol–water partition coefficient (Wildman–Crippen LogP) is 3.95. The second-order valence-electron chi connectivity index (χ2n) is 7.09. The van der Waals surface area contributed by atoms with E-state index >= 15 is 0 Å². The van der Waals surface area contributed by atoms with Crippen molar-refractivity contribution in [2.45, 2.75) is 38.5 Å². The lowest BCUT2D eigenvalue weighted by atomic mass is 9.66. The molecule has 5 heteroatoms. The summed E-state index contributed by atoms with van der Waals surface area (Å²) in [5.74, 6) is -0.597. The van der Waals surface area contributed by atoms with Crippen molar-refractivity contribution < 1.29 is 4.39 Å². The number of hydrogen-bond donors (Lipinski definition) is 1. The SMILES string of the molecule is CCC1(CC)Cc2ccccc2-c2[nH]c(=O)n(-c3ccccc3F)c(=O)c21. The van der Waals surface area contributed by atoms with Crippen LogP contribution in [0.15, 0.2) is 58.1 Å². The fourth-order valence-electron chi connectivity index (χ4n) is 4.31. The number of rotatable bonds is 3. The molecule has 0 bridgehead atoms. The van der Waals surface area contributed by atoms with Crippen molar-refractivity contribution >= 4 is 0 Å². The highest BCUT2D eigenvalue weighted by Gasteiger charge is 2.40. The molecule has 27 heavy (non-hydrogen) atoms. The van der Waals surface area contributed by atoms with Gasteiger partial charge in [-0.1, -0.05) is 50.2 Å². The molecule has 3 aromatic rings. The van der Waals surface area contributed by atoms with E-state index in [0.717, 1.165) is 35.0 Å². The van der Waals surface area contributed by atoms with Crippen LogP contribution in [0.2, 0.25) is 0 Å². The number of aromatic amines is 1. The minimum atomic E-state index is -0.623. The van der Waals surface area contributed by atoms with E-state index in [2.05, 4.69) is 18.8 Å². The molecule has 0 saturated heterocycles. The smallest absolute Gasteiger partial charge is 0.306 e. The standard InChI is InChI=1S/C22H21FN2O2/c1-3-22(4-2)13-14-9-5-6-10-15(14)19-18(22)20(26)25(21(27)24-19)17-12-8-7-11-16(17)23/h5-12H,3-4,13H2,1-2H3,(H,24,27). The third kappa shape index (κ3) is 2.49. The summed E-state index contributed by atoms with van der Waals surface area (Å²) in [4.78, 5) is 29.2. The van der Waals surface area contributed by atoms with E-state index in [4.69, 9.17) is 0 Å². The van der Waals surface area contributed by atoms with Gasteiger partial charge in [-0.05, 0) is 37.0 Å². The lowest BCUT2D eigenvalue weighted by molar-refractivity contribution is 0.381. The summed E-state index contributed by atoms with van der Waals surface area (Å²) in [6.07, 6.45) is 2.23. The van der Waals surface area contributed by atoms with Crippen molar-refractivity contribution in [3.8, 4) is 16.9 Å². The molecule has 0 atom stereocenters. The molecule has 1 aliphatic rings. The molecule has 1 aliphatic carbocycles. The van der Waals surface area contributed by atoms with Crippen LogP contribution >= 0.6 is 0 Å². The average molecular weight is 364 g/mol. The zero-order valence-electron chi connectivity index (χ0n) is 15.4. The number of fused-ring (bicyclic) bond motifs is 3. The van der Waals surface area contributed by atoms with Gasteiger partial charge in [-0.15, -0.1) is 0 Å². The number of aromatic nitrogens is 2. The summed E-state index contributed by atoms with van der Waals surface area (Å²) in [6.45, 7) is 4.11. The number of nitrogens with zero attached hydrogens (tertiary/aromatic N) is 1. The Morgan fingerprint density at radius 1 is 1.04 bits per heavy atom. The maximum Gasteiger partial charge on any atom is 0.333 e. The number of nitrogens with one attached hydrogen (secondary N) is 1. The fourth-order valence-corrected chi connectivity index (χ4v) is 4.31. The number of halogens is 1. The van der Waals surface area contributed by atoms with E-state index in [9.17, 15) is 14.0 Å². The minimum Gasteiger partial charge on any atom is -0.306 e. The molecule has 0 spiro atoms. The highest BCUT2D eigenvalue weighted by molar-refractivity contribution is 5.71. The third-order valence-corrected chi connectivity index (χ3v) is 5.89. The summed E-state index contributed by atoms with van der Waals surface area (Å²) >= 11 is 0. The zero-order valence-corrected chi connectivity index (χ0v) is 15.4. The van der Waals surface area contributed by atoms with Crippen molar-refractivity contribution in [3.05, 3.63) is 86.3 Å². The lowest BCUT2D eigenvalue weighted by Gasteiger charge is -2.38. The van der Waals surface area contributed by atoms with Crippen LogP contribution in [0.4, 0.5) is 4.39 Å². The first-order valence-corrected chi connectivity index (χ1v) is 9.25. The van der Waals surface area contributed by atoms with Gasteiger partial charge in [0.25, 0.3) is 5.56 Å². The van der Waals surface area contributed by atoms with Crippen LogP contribution in [-0.4, -0.2) is 9.55 Å². The molecule has 1 N–H and O–H groups in total. The normalized spacial score (nSPS) is 14.5. The lowest BCUT2D eigenvalue weighted by Crippen LogP contribution is -2.45. The van der Waals surface area contributed by atoms with E-state index in [1.165, 1.54) is 18.2 Å². The summed E-state index contributed by atoms with van der Waals surface area (Å²) < 4.78 is 15.3. The van der Waals surface area contributed by atoms with Gasteiger partial charge in [0.15, 0.2) is 0 Å². The average Bonchev–Trinajstić information content (AvgIpc) is 2.68. The number of para-hydroxylation sites is 1. The quantitative estimate of drug-likeness (QED) is 0.765. The summed E-state index contributed by atoms with van der Waals surface area (Å²) in [7, 11) is 0. The summed E-state index contributed by atoms with van der Waals surface area (Å²) in [5.41, 5.74) is 1.67. The first kappa shape index (κ1) is 17.5.